The lowest BCUT2D eigenvalue weighted by Gasteiger charge is -2.53. The van der Waals surface area contributed by atoms with E-state index in [0.29, 0.717) is 6.10 Å². The number of nitrogens with zero attached hydrogens (tertiary/aromatic N) is 1. The topological polar surface area (TPSA) is 34.1 Å². The molecule has 1 aromatic rings. The highest BCUT2D eigenvalue weighted by atomic mass is 16.5. The first kappa shape index (κ1) is 12.6. The Balaban J connectivity index is 1.50. The maximum Gasteiger partial charge on any atom is 0.213 e. The molecule has 5 rings (SSSR count). The van der Waals surface area contributed by atoms with Crippen LogP contribution in [0, 0.1) is 23.7 Å². The molecule has 0 aromatic carbocycles. The molecular weight excluding hydrogens is 248 g/mol. The van der Waals surface area contributed by atoms with Gasteiger partial charge in [-0.1, -0.05) is 6.07 Å². The van der Waals surface area contributed by atoms with Crippen LogP contribution < -0.4 is 10.1 Å². The van der Waals surface area contributed by atoms with Gasteiger partial charge in [-0.3, -0.25) is 0 Å². The van der Waals surface area contributed by atoms with Crippen LogP contribution in [0.4, 0.5) is 0 Å². The molecule has 108 valence electrons. The Bertz CT molecular complexity index is 460. The van der Waals surface area contributed by atoms with Crippen LogP contribution in [0.15, 0.2) is 18.2 Å². The van der Waals surface area contributed by atoms with Gasteiger partial charge in [-0.2, -0.15) is 0 Å². The molecule has 20 heavy (non-hydrogen) atoms. The number of nitrogens with one attached hydrogen (secondary N) is 1. The number of hydrogen-bond acceptors (Lipinski definition) is 3. The fraction of sp³-hybridized carbons (Fsp3) is 0.706. The Kier molecular flexibility index (Phi) is 3.18. The standard InChI is InChI=1S/C17H24N2O/c1-18-10-15-3-2-4-16(19-15)20-17-13-6-11-5-12(8-13)9-14(17)7-11/h2-4,11-14,17-18H,5-10H2,1H3. The first-order valence-corrected chi connectivity index (χ1v) is 8.09. The zero-order chi connectivity index (χ0) is 13.5. The van der Waals surface area contributed by atoms with E-state index in [1.54, 1.807) is 0 Å². The number of aromatic nitrogens is 1. The molecule has 4 bridgehead atoms. The van der Waals surface area contributed by atoms with Gasteiger partial charge < -0.3 is 10.1 Å². The average Bonchev–Trinajstić information content (AvgIpc) is 2.43. The summed E-state index contributed by atoms with van der Waals surface area (Å²) < 4.78 is 6.34. The van der Waals surface area contributed by atoms with E-state index in [9.17, 15) is 0 Å². The lowest BCUT2D eigenvalue weighted by molar-refractivity contribution is -0.0805. The highest BCUT2D eigenvalue weighted by Crippen LogP contribution is 2.54. The van der Waals surface area contributed by atoms with Gasteiger partial charge in [0.1, 0.15) is 6.10 Å². The molecule has 4 aliphatic carbocycles. The van der Waals surface area contributed by atoms with Crippen LogP contribution in [0.25, 0.3) is 0 Å². The van der Waals surface area contributed by atoms with Gasteiger partial charge in [0.2, 0.25) is 5.88 Å². The van der Waals surface area contributed by atoms with Gasteiger partial charge in [0.25, 0.3) is 0 Å². The van der Waals surface area contributed by atoms with E-state index < -0.39 is 0 Å². The molecule has 1 aromatic heterocycles. The van der Waals surface area contributed by atoms with Crippen molar-refractivity contribution in [3.63, 3.8) is 0 Å². The molecule has 0 radical (unpaired) electrons. The molecule has 0 unspecified atom stereocenters. The minimum Gasteiger partial charge on any atom is -0.474 e. The molecular formula is C17H24N2O. The zero-order valence-electron chi connectivity index (χ0n) is 12.2. The first-order valence-electron chi connectivity index (χ1n) is 8.09. The summed E-state index contributed by atoms with van der Waals surface area (Å²) in [6.07, 6.45) is 7.51. The predicted molar refractivity (Wildman–Crippen MR) is 78.5 cm³/mol. The third kappa shape index (κ3) is 2.22. The Morgan fingerprint density at radius 2 is 1.80 bits per heavy atom. The van der Waals surface area contributed by atoms with Crippen LogP contribution in [0.2, 0.25) is 0 Å². The molecule has 0 spiro atoms. The van der Waals surface area contributed by atoms with Crippen LogP contribution in [-0.2, 0) is 6.54 Å². The van der Waals surface area contributed by atoms with E-state index in [-0.39, 0.29) is 0 Å². The second-order valence-corrected chi connectivity index (χ2v) is 7.01. The van der Waals surface area contributed by atoms with Crippen molar-refractivity contribution in [2.75, 3.05) is 7.05 Å². The van der Waals surface area contributed by atoms with Gasteiger partial charge in [-0.15, -0.1) is 0 Å². The van der Waals surface area contributed by atoms with Gasteiger partial charge in [-0.05, 0) is 68.9 Å². The van der Waals surface area contributed by atoms with Crippen molar-refractivity contribution in [1.29, 1.82) is 0 Å². The van der Waals surface area contributed by atoms with Crippen molar-refractivity contribution < 1.29 is 4.74 Å². The van der Waals surface area contributed by atoms with Gasteiger partial charge in [-0.25, -0.2) is 4.98 Å². The molecule has 0 amide bonds. The fourth-order valence-corrected chi connectivity index (χ4v) is 5.01. The summed E-state index contributed by atoms with van der Waals surface area (Å²) >= 11 is 0. The Morgan fingerprint density at radius 3 is 2.45 bits per heavy atom. The minimum absolute atomic E-state index is 0.431. The van der Waals surface area contributed by atoms with Crippen LogP contribution in [0.3, 0.4) is 0 Å². The van der Waals surface area contributed by atoms with Crippen LogP contribution in [0.5, 0.6) is 5.88 Å². The lowest BCUT2D eigenvalue weighted by Crippen LogP contribution is -2.50. The van der Waals surface area contributed by atoms with E-state index in [4.69, 9.17) is 4.74 Å². The van der Waals surface area contributed by atoms with E-state index >= 15 is 0 Å². The third-order valence-electron chi connectivity index (χ3n) is 5.54. The first-order chi connectivity index (χ1) is 9.81. The Labute approximate surface area is 121 Å². The molecule has 1 heterocycles. The fourth-order valence-electron chi connectivity index (χ4n) is 5.01. The van der Waals surface area contributed by atoms with Crippen LogP contribution >= 0.6 is 0 Å². The third-order valence-corrected chi connectivity index (χ3v) is 5.54. The van der Waals surface area contributed by atoms with Crippen molar-refractivity contribution in [2.45, 2.75) is 44.8 Å². The molecule has 3 nitrogen and oxygen atoms in total. The number of ether oxygens (including phenoxy) is 1. The number of pyridine rings is 1. The lowest BCUT2D eigenvalue weighted by atomic mass is 9.55. The molecule has 4 fully saturated rings. The smallest absolute Gasteiger partial charge is 0.213 e. The van der Waals surface area contributed by atoms with E-state index in [2.05, 4.69) is 22.4 Å². The van der Waals surface area contributed by atoms with Crippen LogP contribution in [-0.4, -0.2) is 18.1 Å². The maximum atomic E-state index is 6.34. The number of hydrogen-bond donors (Lipinski definition) is 1. The van der Waals surface area contributed by atoms with E-state index in [1.165, 1.54) is 32.1 Å². The van der Waals surface area contributed by atoms with Crippen molar-refractivity contribution >= 4 is 0 Å². The maximum absolute atomic E-state index is 6.34. The van der Waals surface area contributed by atoms with Crippen molar-refractivity contribution in [3.05, 3.63) is 23.9 Å². The SMILES string of the molecule is CNCc1cccc(OC2C3CC4CC(C3)CC2C4)n1. The summed E-state index contributed by atoms with van der Waals surface area (Å²) in [5.41, 5.74) is 1.06. The summed E-state index contributed by atoms with van der Waals surface area (Å²) in [5.74, 6) is 4.42. The van der Waals surface area contributed by atoms with E-state index in [0.717, 1.165) is 41.8 Å². The summed E-state index contributed by atoms with van der Waals surface area (Å²) in [4.78, 5) is 4.63. The summed E-state index contributed by atoms with van der Waals surface area (Å²) in [6.45, 7) is 0.804. The largest absolute Gasteiger partial charge is 0.474 e. The predicted octanol–water partition coefficient (Wildman–Crippen LogP) is 3.00. The summed E-state index contributed by atoms with van der Waals surface area (Å²) in [5, 5.41) is 3.15. The Hall–Kier alpha value is -1.09. The monoisotopic (exact) mass is 272 g/mol. The van der Waals surface area contributed by atoms with Gasteiger partial charge in [0, 0.05) is 12.6 Å². The Morgan fingerprint density at radius 1 is 1.10 bits per heavy atom. The average molecular weight is 272 g/mol. The van der Waals surface area contributed by atoms with Crippen LogP contribution in [0.1, 0.15) is 37.8 Å². The van der Waals surface area contributed by atoms with Crippen molar-refractivity contribution in [3.8, 4) is 5.88 Å². The second-order valence-electron chi connectivity index (χ2n) is 7.01. The van der Waals surface area contributed by atoms with Crippen molar-refractivity contribution in [1.82, 2.24) is 10.3 Å². The molecule has 1 N–H and O–H groups in total. The number of rotatable bonds is 4. The zero-order valence-corrected chi connectivity index (χ0v) is 12.2. The highest BCUT2D eigenvalue weighted by Gasteiger charge is 2.49. The molecule has 0 atom stereocenters. The molecule has 3 heteroatoms. The van der Waals surface area contributed by atoms with Gasteiger partial charge in [0.05, 0.1) is 5.69 Å². The quantitative estimate of drug-likeness (QED) is 0.915. The minimum atomic E-state index is 0.431. The molecule has 0 aliphatic heterocycles. The highest BCUT2D eigenvalue weighted by molar-refractivity contribution is 5.17. The normalized spacial score (nSPS) is 38.1. The van der Waals surface area contributed by atoms with Gasteiger partial charge >= 0.3 is 0 Å². The van der Waals surface area contributed by atoms with Crippen molar-refractivity contribution in [2.24, 2.45) is 23.7 Å². The van der Waals surface area contributed by atoms with Gasteiger partial charge in [0.15, 0.2) is 0 Å². The molecule has 0 saturated heterocycles. The second kappa shape index (κ2) is 5.03. The molecule has 4 saturated carbocycles. The summed E-state index contributed by atoms with van der Waals surface area (Å²) in [7, 11) is 1.95. The summed E-state index contributed by atoms with van der Waals surface area (Å²) in [6, 6.07) is 6.13. The van der Waals surface area contributed by atoms with E-state index in [1.807, 2.05) is 13.1 Å². The molecule has 4 aliphatic rings.